The molecule has 0 saturated heterocycles. The van der Waals surface area contributed by atoms with Gasteiger partial charge in [0.05, 0.1) is 6.54 Å². The molecule has 2 heterocycles. The van der Waals surface area contributed by atoms with Gasteiger partial charge in [-0.1, -0.05) is 5.16 Å². The minimum absolute atomic E-state index is 0.653. The number of H-pyrrole nitrogens is 1. The van der Waals surface area contributed by atoms with Crippen LogP contribution in [0.2, 0.25) is 0 Å². The molecule has 0 amide bonds. The average molecular weight is 209 g/mol. The van der Waals surface area contributed by atoms with E-state index in [0.29, 0.717) is 11.3 Å². The van der Waals surface area contributed by atoms with E-state index in [1.54, 1.807) is 0 Å². The Morgan fingerprint density at radius 3 is 2.86 bits per heavy atom. The highest BCUT2D eigenvalue weighted by molar-refractivity contribution is 7.71. The Labute approximate surface area is 86.5 Å². The van der Waals surface area contributed by atoms with Crippen molar-refractivity contribution in [2.75, 3.05) is 0 Å². The number of aryl methyl sites for hydroxylation is 2. The van der Waals surface area contributed by atoms with Crippen molar-refractivity contribution in [3.63, 3.8) is 0 Å². The average Bonchev–Trinajstić information content (AvgIpc) is 2.61. The molecule has 0 spiro atoms. The Morgan fingerprint density at radius 2 is 2.36 bits per heavy atom. The van der Waals surface area contributed by atoms with Crippen LogP contribution in [0.4, 0.5) is 0 Å². The van der Waals surface area contributed by atoms with E-state index in [0.717, 1.165) is 17.1 Å². The summed E-state index contributed by atoms with van der Waals surface area (Å²) < 4.78 is 7.62. The molecular formula is C9H11N3OS. The number of imidazole rings is 1. The molecule has 0 aliphatic heterocycles. The molecule has 2 aromatic heterocycles. The second-order valence-electron chi connectivity index (χ2n) is 3.30. The lowest BCUT2D eigenvalue weighted by atomic mass is 10.4. The van der Waals surface area contributed by atoms with Gasteiger partial charge < -0.3 is 14.1 Å². The molecule has 2 aromatic rings. The normalized spacial score (nSPS) is 10.7. The molecule has 0 radical (unpaired) electrons. The Kier molecular flexibility index (Phi) is 2.25. The van der Waals surface area contributed by atoms with E-state index in [9.17, 15) is 0 Å². The molecule has 0 saturated carbocycles. The van der Waals surface area contributed by atoms with E-state index in [4.69, 9.17) is 16.7 Å². The van der Waals surface area contributed by atoms with E-state index in [1.165, 1.54) is 0 Å². The SMILES string of the molecule is Cc1cn(Cc2cc(C)on2)c(=S)[nH]1. The van der Waals surface area contributed by atoms with Crippen molar-refractivity contribution in [1.82, 2.24) is 14.7 Å². The second-order valence-corrected chi connectivity index (χ2v) is 3.69. The zero-order chi connectivity index (χ0) is 10.1. The van der Waals surface area contributed by atoms with Gasteiger partial charge in [0.1, 0.15) is 11.5 Å². The Hall–Kier alpha value is -1.36. The molecule has 2 rings (SSSR count). The summed E-state index contributed by atoms with van der Waals surface area (Å²) in [6, 6.07) is 1.91. The lowest BCUT2D eigenvalue weighted by Gasteiger charge is -1.95. The molecule has 0 unspecified atom stereocenters. The van der Waals surface area contributed by atoms with Gasteiger partial charge in [-0.15, -0.1) is 0 Å². The number of aromatic nitrogens is 3. The largest absolute Gasteiger partial charge is 0.361 e. The zero-order valence-electron chi connectivity index (χ0n) is 8.07. The van der Waals surface area contributed by atoms with Crippen LogP contribution in [-0.4, -0.2) is 14.7 Å². The molecule has 0 bridgehead atoms. The maximum absolute atomic E-state index is 5.13. The van der Waals surface area contributed by atoms with Crippen molar-refractivity contribution in [2.24, 2.45) is 0 Å². The van der Waals surface area contributed by atoms with Gasteiger partial charge in [-0.2, -0.15) is 0 Å². The van der Waals surface area contributed by atoms with Crippen molar-refractivity contribution in [1.29, 1.82) is 0 Å². The number of hydrogen-bond donors (Lipinski definition) is 1. The van der Waals surface area contributed by atoms with E-state index in [-0.39, 0.29) is 0 Å². The van der Waals surface area contributed by atoms with Crippen LogP contribution in [0.15, 0.2) is 16.8 Å². The molecule has 0 aliphatic rings. The number of nitrogens with zero attached hydrogens (tertiary/aromatic N) is 2. The van der Waals surface area contributed by atoms with Gasteiger partial charge in [0, 0.05) is 18.0 Å². The smallest absolute Gasteiger partial charge is 0.177 e. The number of hydrogen-bond acceptors (Lipinski definition) is 3. The summed E-state index contributed by atoms with van der Waals surface area (Å²) in [4.78, 5) is 3.05. The second kappa shape index (κ2) is 3.42. The van der Waals surface area contributed by atoms with Crippen LogP contribution >= 0.6 is 12.2 Å². The maximum atomic E-state index is 5.13. The number of nitrogens with one attached hydrogen (secondary N) is 1. The monoisotopic (exact) mass is 209 g/mol. The fourth-order valence-electron chi connectivity index (χ4n) is 1.35. The lowest BCUT2D eigenvalue weighted by Crippen LogP contribution is -1.97. The summed E-state index contributed by atoms with van der Waals surface area (Å²) >= 11 is 5.13. The van der Waals surface area contributed by atoms with Crippen LogP contribution in [0.25, 0.3) is 0 Å². The molecule has 0 aromatic carbocycles. The predicted octanol–water partition coefficient (Wildman–Crippen LogP) is 2.20. The minimum Gasteiger partial charge on any atom is -0.361 e. The Bertz CT molecular complexity index is 494. The van der Waals surface area contributed by atoms with Crippen molar-refractivity contribution in [2.45, 2.75) is 20.4 Å². The van der Waals surface area contributed by atoms with Gasteiger partial charge in [0.15, 0.2) is 4.77 Å². The van der Waals surface area contributed by atoms with E-state index in [2.05, 4.69) is 10.1 Å². The van der Waals surface area contributed by atoms with Crippen LogP contribution in [0.5, 0.6) is 0 Å². The topological polar surface area (TPSA) is 46.8 Å². The fourth-order valence-corrected chi connectivity index (χ4v) is 1.63. The van der Waals surface area contributed by atoms with Gasteiger partial charge in [-0.05, 0) is 26.1 Å². The third-order valence-electron chi connectivity index (χ3n) is 1.92. The van der Waals surface area contributed by atoms with Crippen molar-refractivity contribution in [3.8, 4) is 0 Å². The molecule has 14 heavy (non-hydrogen) atoms. The summed E-state index contributed by atoms with van der Waals surface area (Å²) in [5.41, 5.74) is 1.94. The van der Waals surface area contributed by atoms with Crippen LogP contribution in [0.3, 0.4) is 0 Å². The highest BCUT2D eigenvalue weighted by atomic mass is 32.1. The molecule has 74 valence electrons. The first-order valence-electron chi connectivity index (χ1n) is 4.33. The fraction of sp³-hybridized carbons (Fsp3) is 0.333. The highest BCUT2D eigenvalue weighted by Crippen LogP contribution is 2.05. The van der Waals surface area contributed by atoms with E-state index in [1.807, 2.05) is 30.7 Å². The quantitative estimate of drug-likeness (QED) is 0.771. The molecule has 0 atom stereocenters. The van der Waals surface area contributed by atoms with Gasteiger partial charge in [0.25, 0.3) is 0 Å². The van der Waals surface area contributed by atoms with Gasteiger partial charge >= 0.3 is 0 Å². The maximum Gasteiger partial charge on any atom is 0.177 e. The molecule has 0 aliphatic carbocycles. The first-order valence-corrected chi connectivity index (χ1v) is 4.74. The first-order chi connectivity index (χ1) is 6.65. The van der Waals surface area contributed by atoms with Crippen molar-refractivity contribution in [3.05, 3.63) is 34.2 Å². The lowest BCUT2D eigenvalue weighted by molar-refractivity contribution is 0.389. The van der Waals surface area contributed by atoms with Gasteiger partial charge in [-0.3, -0.25) is 0 Å². The third kappa shape index (κ3) is 1.77. The summed E-state index contributed by atoms with van der Waals surface area (Å²) in [6.45, 7) is 4.50. The van der Waals surface area contributed by atoms with Crippen molar-refractivity contribution >= 4 is 12.2 Å². The number of aromatic amines is 1. The molecule has 0 fully saturated rings. The standard InChI is InChI=1S/C9H11N3OS/c1-6-4-12(9(14)10-6)5-8-3-7(2)13-11-8/h3-4H,5H2,1-2H3,(H,10,14). The Balaban J connectivity index is 2.26. The Morgan fingerprint density at radius 1 is 1.57 bits per heavy atom. The van der Waals surface area contributed by atoms with Crippen LogP contribution in [0, 0.1) is 18.6 Å². The summed E-state index contributed by atoms with van der Waals surface area (Å²) in [6.07, 6.45) is 1.96. The van der Waals surface area contributed by atoms with E-state index < -0.39 is 0 Å². The zero-order valence-corrected chi connectivity index (χ0v) is 8.89. The van der Waals surface area contributed by atoms with Crippen LogP contribution in [0.1, 0.15) is 17.1 Å². The summed E-state index contributed by atoms with van der Waals surface area (Å²) in [5.74, 6) is 0.818. The van der Waals surface area contributed by atoms with Crippen LogP contribution < -0.4 is 0 Å². The van der Waals surface area contributed by atoms with Crippen molar-refractivity contribution < 1.29 is 4.52 Å². The third-order valence-corrected chi connectivity index (χ3v) is 2.26. The highest BCUT2D eigenvalue weighted by Gasteiger charge is 2.02. The molecular weight excluding hydrogens is 198 g/mol. The molecule has 1 N–H and O–H groups in total. The predicted molar refractivity (Wildman–Crippen MR) is 54.7 cm³/mol. The molecule has 5 heteroatoms. The van der Waals surface area contributed by atoms with Crippen LogP contribution in [-0.2, 0) is 6.54 Å². The van der Waals surface area contributed by atoms with Gasteiger partial charge in [0.2, 0.25) is 0 Å². The summed E-state index contributed by atoms with van der Waals surface area (Å²) in [7, 11) is 0. The number of rotatable bonds is 2. The minimum atomic E-state index is 0.653. The first kappa shape index (κ1) is 9.21. The van der Waals surface area contributed by atoms with E-state index >= 15 is 0 Å². The molecule has 4 nitrogen and oxygen atoms in total. The van der Waals surface area contributed by atoms with Gasteiger partial charge in [-0.25, -0.2) is 0 Å². The summed E-state index contributed by atoms with van der Waals surface area (Å²) in [5, 5.41) is 3.91.